The maximum absolute atomic E-state index is 6.66. The summed E-state index contributed by atoms with van der Waals surface area (Å²) in [6, 6.07) is 49.2. The quantitative estimate of drug-likeness (QED) is 0.181. The zero-order valence-electron chi connectivity index (χ0n) is 35.6. The molecule has 0 bridgehead atoms. The number of aromatic nitrogens is 1. The molecule has 270 valence electrons. The average Bonchev–Trinajstić information content (AvgIpc) is 3.81. The Bertz CT molecular complexity index is 3360. The van der Waals surface area contributed by atoms with Gasteiger partial charge in [0.25, 0.3) is 0 Å². The predicted octanol–water partition coefficient (Wildman–Crippen LogP) is -2.32. The summed E-state index contributed by atoms with van der Waals surface area (Å²) >= 11 is 0. The van der Waals surface area contributed by atoms with Gasteiger partial charge in [0, 0.05) is 27.2 Å². The normalized spacial score (nSPS) is 11.7. The lowest BCUT2D eigenvalue weighted by molar-refractivity contribution is 0.669. The number of benzene rings is 8. The molecule has 8 aromatic carbocycles. The molecule has 0 fully saturated rings. The monoisotopic (exact) mass is 745 g/mol. The highest BCUT2D eigenvalue weighted by Crippen LogP contribution is 2.41. The summed E-state index contributed by atoms with van der Waals surface area (Å²) < 4.78 is 9.03. The van der Waals surface area contributed by atoms with E-state index in [1.807, 2.05) is 0 Å². The fourth-order valence-corrected chi connectivity index (χ4v) is 9.78. The van der Waals surface area contributed by atoms with Crippen molar-refractivity contribution in [2.24, 2.45) is 0 Å². The Balaban J connectivity index is 1.20. The van der Waals surface area contributed by atoms with Crippen LogP contribution in [0.5, 0.6) is 0 Å². The largest absolute Gasteiger partial charge is 0.456 e. The van der Waals surface area contributed by atoms with Crippen molar-refractivity contribution in [1.29, 1.82) is 0 Å². The predicted molar refractivity (Wildman–Crippen MR) is 283 cm³/mol. The Morgan fingerprint density at radius 3 is 1.69 bits per heavy atom. The Labute approximate surface area is 354 Å². The highest BCUT2D eigenvalue weighted by atomic mass is 16.3. The Hall–Kier alpha value is -6.06. The summed E-state index contributed by atoms with van der Waals surface area (Å²) in [5.74, 6) is 0. The van der Waals surface area contributed by atoms with Crippen LogP contribution in [0, 0.1) is 0 Å². The first-order chi connectivity index (χ1) is 28.5. The van der Waals surface area contributed by atoms with Gasteiger partial charge < -0.3 is 8.98 Å². The van der Waals surface area contributed by atoms with Crippen LogP contribution in [0.2, 0.25) is 0 Å². The van der Waals surface area contributed by atoms with E-state index < -0.39 is 0 Å². The summed E-state index contributed by atoms with van der Waals surface area (Å²) in [5.41, 5.74) is 27.4. The summed E-state index contributed by atoms with van der Waals surface area (Å²) in [4.78, 5) is 0. The van der Waals surface area contributed by atoms with Gasteiger partial charge in [-0.25, -0.2) is 0 Å². The van der Waals surface area contributed by atoms with E-state index in [1.165, 1.54) is 121 Å². The van der Waals surface area contributed by atoms with Gasteiger partial charge in [-0.2, -0.15) is 0 Å². The molecular weight excluding hydrogens is 704 g/mol. The molecule has 0 aliphatic rings. The van der Waals surface area contributed by atoms with Gasteiger partial charge in [-0.3, -0.25) is 0 Å². The fraction of sp³-hybridized carbons (Fsp3) is 0. The van der Waals surface area contributed by atoms with Crippen LogP contribution in [0.3, 0.4) is 0 Å². The number of hydrogen-bond acceptors (Lipinski definition) is 1. The molecule has 0 aliphatic carbocycles. The smallest absolute Gasteiger partial charge is 0.139 e. The number of para-hydroxylation sites is 2. The third-order valence-corrected chi connectivity index (χ3v) is 13.8. The lowest BCUT2D eigenvalue weighted by Crippen LogP contribution is -2.55. The van der Waals surface area contributed by atoms with Crippen molar-refractivity contribution in [2.75, 3.05) is 0 Å². The first-order valence-corrected chi connectivity index (χ1v) is 20.8. The molecule has 0 N–H and O–H groups in total. The van der Waals surface area contributed by atoms with Gasteiger partial charge in [0.1, 0.15) is 81.8 Å². The van der Waals surface area contributed by atoms with Crippen LogP contribution >= 0.6 is 0 Å². The number of fused-ring (bicyclic) bond motifs is 6. The lowest BCUT2D eigenvalue weighted by Gasteiger charge is -2.23. The molecule has 0 unspecified atom stereocenters. The van der Waals surface area contributed by atoms with E-state index >= 15 is 0 Å². The molecule has 0 amide bonds. The van der Waals surface area contributed by atoms with Gasteiger partial charge in [0.2, 0.25) is 0 Å². The fourth-order valence-electron chi connectivity index (χ4n) is 9.78. The van der Waals surface area contributed by atoms with Crippen molar-refractivity contribution in [1.82, 2.24) is 4.57 Å². The second kappa shape index (κ2) is 14.1. The lowest BCUT2D eigenvalue weighted by atomic mass is 9.59. The molecule has 0 aliphatic heterocycles. The molecule has 11 heteroatoms. The molecular formula is C48H40B9NO. The first kappa shape index (κ1) is 37.2. The Kier molecular flexibility index (Phi) is 8.87. The molecule has 2 heterocycles. The van der Waals surface area contributed by atoms with Crippen molar-refractivity contribution in [3.8, 4) is 50.2 Å². The van der Waals surface area contributed by atoms with Crippen molar-refractivity contribution >= 4 is 164 Å². The van der Waals surface area contributed by atoms with E-state index in [1.54, 1.807) is 0 Å². The number of furan rings is 1. The topological polar surface area (TPSA) is 18.1 Å². The van der Waals surface area contributed by atoms with E-state index in [4.69, 9.17) is 4.42 Å². The zero-order valence-corrected chi connectivity index (χ0v) is 35.6. The Morgan fingerprint density at radius 1 is 0.356 bits per heavy atom. The summed E-state index contributed by atoms with van der Waals surface area (Å²) in [6.45, 7) is 0. The molecule has 0 saturated heterocycles. The molecule has 0 atom stereocenters. The highest BCUT2D eigenvalue weighted by molar-refractivity contribution is 6.69. The average molecular weight is 744 g/mol. The molecule has 10 rings (SSSR count). The van der Waals surface area contributed by atoms with Crippen LogP contribution in [0.1, 0.15) is 0 Å². The third kappa shape index (κ3) is 5.84. The van der Waals surface area contributed by atoms with Gasteiger partial charge >= 0.3 is 0 Å². The molecule has 0 saturated carbocycles. The summed E-state index contributed by atoms with van der Waals surface area (Å²) in [7, 11) is 20.4. The van der Waals surface area contributed by atoms with Crippen LogP contribution in [-0.4, -0.2) is 75.2 Å². The molecule has 0 radical (unpaired) electrons. The number of rotatable bonds is 5. The molecule has 0 spiro atoms. The number of nitrogens with zero attached hydrogens (tertiary/aromatic N) is 1. The van der Waals surface area contributed by atoms with E-state index in [0.29, 0.717) is 0 Å². The standard InChI is InChI=1S/C48H40B9NO/c49-34-22-31(41(50)45(54)42(34)51)26-17-25(18-27(19-26)39-43(52)46(55)48(57)47(56)44(39)53)29-10-6-12-38-40(29)33-21-24(14-16-37(33)59-38)23-13-15-36-32(20-23)30-9-4-5-11-35(30)58(36)28-7-2-1-3-8-28/h1-22H,49-57H2. The minimum Gasteiger partial charge on any atom is -0.456 e. The van der Waals surface area contributed by atoms with E-state index in [0.717, 1.165) is 21.9 Å². The Morgan fingerprint density at radius 2 is 0.949 bits per heavy atom. The third-order valence-electron chi connectivity index (χ3n) is 13.8. The second-order valence-electron chi connectivity index (χ2n) is 16.8. The van der Waals surface area contributed by atoms with Gasteiger partial charge in [-0.05, 0) is 111 Å². The maximum atomic E-state index is 6.66. The summed E-state index contributed by atoms with van der Waals surface area (Å²) in [6.07, 6.45) is 0. The van der Waals surface area contributed by atoms with Gasteiger partial charge in [-0.15, -0.1) is 27.3 Å². The maximum Gasteiger partial charge on any atom is 0.139 e. The van der Waals surface area contributed by atoms with Crippen LogP contribution in [-0.2, 0) is 0 Å². The van der Waals surface area contributed by atoms with Gasteiger partial charge in [0.15, 0.2) is 0 Å². The van der Waals surface area contributed by atoms with Gasteiger partial charge in [0.05, 0.1) is 11.0 Å². The van der Waals surface area contributed by atoms with Crippen molar-refractivity contribution < 1.29 is 4.42 Å². The molecule has 2 aromatic heterocycles. The SMILES string of the molecule is Bc1cc(-c2cc(-c3c(B)c(B)c(B)c(B)c3B)cc(-c3cccc4oc5ccc(-c6ccc7c(c6)c6ccccc6n7-c6ccccc6)cc5c34)c2)c(B)c(B)c1B. The van der Waals surface area contributed by atoms with Crippen molar-refractivity contribution in [3.63, 3.8) is 0 Å². The molecule has 10 aromatic rings. The zero-order chi connectivity index (χ0) is 40.9. The summed E-state index contributed by atoms with van der Waals surface area (Å²) in [5, 5.41) is 4.76. The molecule has 2 nitrogen and oxygen atoms in total. The van der Waals surface area contributed by atoms with Crippen molar-refractivity contribution in [2.45, 2.75) is 0 Å². The minimum absolute atomic E-state index is 0.895. The highest BCUT2D eigenvalue weighted by Gasteiger charge is 2.20. The first-order valence-electron chi connectivity index (χ1n) is 20.8. The number of hydrogen-bond donors (Lipinski definition) is 0. The van der Waals surface area contributed by atoms with Crippen LogP contribution in [0.4, 0.5) is 0 Å². The van der Waals surface area contributed by atoms with Gasteiger partial charge in [-0.1, -0.05) is 88.6 Å². The van der Waals surface area contributed by atoms with Crippen LogP contribution in [0.15, 0.2) is 138 Å². The van der Waals surface area contributed by atoms with E-state index in [2.05, 4.69) is 209 Å². The second-order valence-corrected chi connectivity index (χ2v) is 16.8. The van der Waals surface area contributed by atoms with E-state index in [-0.39, 0.29) is 0 Å². The van der Waals surface area contributed by atoms with Crippen molar-refractivity contribution in [3.05, 3.63) is 133 Å². The molecule has 59 heavy (non-hydrogen) atoms. The minimum atomic E-state index is 0.895. The van der Waals surface area contributed by atoms with Crippen LogP contribution < -0.4 is 49.2 Å². The van der Waals surface area contributed by atoms with E-state index in [9.17, 15) is 0 Å². The van der Waals surface area contributed by atoms with Crippen LogP contribution in [0.25, 0.3) is 93.9 Å².